The molecule has 1 rings (SSSR count). The normalized spacial score (nSPS) is 12.6. The summed E-state index contributed by atoms with van der Waals surface area (Å²) in [7, 11) is 0. The van der Waals surface area contributed by atoms with Gasteiger partial charge in [-0.05, 0) is 44.7 Å². The molecule has 3 N–H and O–H groups in total. The quantitative estimate of drug-likeness (QED) is 0.314. The van der Waals surface area contributed by atoms with Crippen molar-refractivity contribution in [2.75, 3.05) is 19.7 Å². The molecule has 1 unspecified atom stereocenters. The molecule has 0 saturated carbocycles. The zero-order valence-electron chi connectivity index (χ0n) is 13.9. The van der Waals surface area contributed by atoms with Crippen molar-refractivity contribution in [1.29, 1.82) is 0 Å². The number of nitrogens with zero attached hydrogens (tertiary/aromatic N) is 1. The molecule has 1 aromatic heterocycles. The van der Waals surface area contributed by atoms with Crippen molar-refractivity contribution in [3.8, 4) is 0 Å². The van der Waals surface area contributed by atoms with Gasteiger partial charge in [-0.2, -0.15) is 0 Å². The highest BCUT2D eigenvalue weighted by Gasteiger charge is 2.08. The van der Waals surface area contributed by atoms with Crippen molar-refractivity contribution in [3.63, 3.8) is 0 Å². The zero-order valence-corrected chi connectivity index (χ0v) is 17.0. The Kier molecular flexibility index (Phi) is 12.9. The summed E-state index contributed by atoms with van der Waals surface area (Å²) in [5.74, 6) is 1.37. The molecule has 1 atom stereocenters. The van der Waals surface area contributed by atoms with Crippen LogP contribution >= 0.6 is 35.3 Å². The lowest BCUT2D eigenvalue weighted by Gasteiger charge is -2.18. The maximum Gasteiger partial charge on any atom is 0.191 e. The van der Waals surface area contributed by atoms with Gasteiger partial charge in [0.25, 0.3) is 0 Å². The van der Waals surface area contributed by atoms with Crippen LogP contribution in [0.3, 0.4) is 0 Å². The molecular formula is C16H30IN3OS. The third kappa shape index (κ3) is 8.95. The number of aliphatic imine (C=N–C) groups is 1. The number of thiophene rings is 1. The second kappa shape index (κ2) is 13.1. The van der Waals surface area contributed by atoms with Gasteiger partial charge in [-0.15, -0.1) is 35.3 Å². The Bertz CT molecular complexity index is 417. The van der Waals surface area contributed by atoms with E-state index in [1.807, 2.05) is 0 Å². The van der Waals surface area contributed by atoms with Gasteiger partial charge in [-0.3, -0.25) is 0 Å². The molecule has 0 aromatic carbocycles. The van der Waals surface area contributed by atoms with Crippen molar-refractivity contribution >= 4 is 41.3 Å². The predicted octanol–water partition coefficient (Wildman–Crippen LogP) is 3.53. The van der Waals surface area contributed by atoms with Crippen molar-refractivity contribution in [3.05, 3.63) is 21.9 Å². The molecule has 6 heteroatoms. The number of hydrogen-bond acceptors (Lipinski definition) is 3. The second-order valence-corrected chi connectivity index (χ2v) is 6.63. The van der Waals surface area contributed by atoms with E-state index in [-0.39, 0.29) is 30.6 Å². The highest BCUT2D eigenvalue weighted by atomic mass is 127. The third-order valence-corrected chi connectivity index (χ3v) is 4.31. The molecular weight excluding hydrogens is 409 g/mol. The van der Waals surface area contributed by atoms with Gasteiger partial charge >= 0.3 is 0 Å². The van der Waals surface area contributed by atoms with Gasteiger partial charge in [0, 0.05) is 29.5 Å². The number of guanidine groups is 1. The van der Waals surface area contributed by atoms with E-state index in [0.29, 0.717) is 12.5 Å². The maximum atomic E-state index is 9.11. The van der Waals surface area contributed by atoms with Gasteiger partial charge in [-0.1, -0.05) is 13.3 Å². The van der Waals surface area contributed by atoms with E-state index in [9.17, 15) is 0 Å². The van der Waals surface area contributed by atoms with E-state index in [1.165, 1.54) is 9.75 Å². The summed E-state index contributed by atoms with van der Waals surface area (Å²) in [5.41, 5.74) is 0. The smallest absolute Gasteiger partial charge is 0.191 e. The Morgan fingerprint density at radius 1 is 1.27 bits per heavy atom. The molecule has 0 spiro atoms. The topological polar surface area (TPSA) is 56.6 Å². The molecule has 1 aromatic rings. The zero-order chi connectivity index (χ0) is 15.5. The lowest BCUT2D eigenvalue weighted by molar-refractivity contribution is 0.251. The maximum absolute atomic E-state index is 9.11. The second-order valence-electron chi connectivity index (χ2n) is 5.26. The van der Waals surface area contributed by atoms with Gasteiger partial charge in [0.05, 0.1) is 6.54 Å². The monoisotopic (exact) mass is 439 g/mol. The summed E-state index contributed by atoms with van der Waals surface area (Å²) in [6.07, 6.45) is 3.13. The first kappa shape index (κ1) is 21.7. The standard InChI is InChI=1S/C16H29N3OS.HI/c1-4-6-14(9-10-20)11-18-16(17-5-2)19-12-15-8-7-13(3)21-15;/h7-8,14,20H,4-6,9-12H2,1-3H3,(H2,17,18,19);1H. The molecule has 0 aliphatic carbocycles. The Labute approximate surface area is 155 Å². The summed E-state index contributed by atoms with van der Waals surface area (Å²) >= 11 is 1.79. The average molecular weight is 439 g/mol. The van der Waals surface area contributed by atoms with Crippen LogP contribution in [-0.2, 0) is 6.54 Å². The lowest BCUT2D eigenvalue weighted by atomic mass is 10.0. The van der Waals surface area contributed by atoms with E-state index in [2.05, 4.69) is 48.5 Å². The summed E-state index contributed by atoms with van der Waals surface area (Å²) in [4.78, 5) is 7.24. The van der Waals surface area contributed by atoms with Gasteiger partial charge in [0.15, 0.2) is 5.96 Å². The van der Waals surface area contributed by atoms with Gasteiger partial charge in [0.1, 0.15) is 0 Å². The molecule has 1 heterocycles. The fourth-order valence-electron chi connectivity index (χ4n) is 2.25. The van der Waals surface area contributed by atoms with Crippen molar-refractivity contribution in [2.45, 2.75) is 46.6 Å². The molecule has 0 amide bonds. The fraction of sp³-hybridized carbons (Fsp3) is 0.688. The van der Waals surface area contributed by atoms with E-state index in [0.717, 1.165) is 38.3 Å². The lowest BCUT2D eigenvalue weighted by Crippen LogP contribution is -2.40. The molecule has 128 valence electrons. The van der Waals surface area contributed by atoms with Crippen LogP contribution in [0.25, 0.3) is 0 Å². The van der Waals surface area contributed by atoms with E-state index in [4.69, 9.17) is 5.11 Å². The van der Waals surface area contributed by atoms with Crippen LogP contribution in [0, 0.1) is 12.8 Å². The number of aryl methyl sites for hydroxylation is 1. The first-order valence-corrected chi connectivity index (χ1v) is 8.69. The van der Waals surface area contributed by atoms with Crippen LogP contribution in [-0.4, -0.2) is 30.8 Å². The largest absolute Gasteiger partial charge is 0.396 e. The third-order valence-electron chi connectivity index (χ3n) is 3.33. The Morgan fingerprint density at radius 2 is 2.05 bits per heavy atom. The number of halogens is 1. The molecule has 0 saturated heterocycles. The Balaban J connectivity index is 0.00000441. The fourth-order valence-corrected chi connectivity index (χ4v) is 3.06. The predicted molar refractivity (Wildman–Crippen MR) is 107 cm³/mol. The summed E-state index contributed by atoms with van der Waals surface area (Å²) in [5, 5.41) is 15.8. The first-order chi connectivity index (χ1) is 10.2. The molecule has 0 aliphatic rings. The minimum absolute atomic E-state index is 0. The van der Waals surface area contributed by atoms with E-state index < -0.39 is 0 Å². The molecule has 0 aliphatic heterocycles. The summed E-state index contributed by atoms with van der Waals surface area (Å²) < 4.78 is 0. The SMILES string of the molecule is CCCC(CCO)CNC(=NCc1ccc(C)s1)NCC.I. The number of nitrogens with one attached hydrogen (secondary N) is 2. The highest BCUT2D eigenvalue weighted by molar-refractivity contribution is 14.0. The van der Waals surface area contributed by atoms with Crippen LogP contribution in [0.15, 0.2) is 17.1 Å². The van der Waals surface area contributed by atoms with Gasteiger partial charge in [0.2, 0.25) is 0 Å². The Hall–Kier alpha value is -0.340. The first-order valence-electron chi connectivity index (χ1n) is 7.87. The van der Waals surface area contributed by atoms with Crippen LogP contribution in [0.2, 0.25) is 0 Å². The van der Waals surface area contributed by atoms with Crippen molar-refractivity contribution in [1.82, 2.24) is 10.6 Å². The van der Waals surface area contributed by atoms with Crippen molar-refractivity contribution in [2.24, 2.45) is 10.9 Å². The van der Waals surface area contributed by atoms with Crippen LogP contribution < -0.4 is 10.6 Å². The van der Waals surface area contributed by atoms with Gasteiger partial charge in [-0.25, -0.2) is 4.99 Å². The molecule has 0 radical (unpaired) electrons. The van der Waals surface area contributed by atoms with Crippen LogP contribution in [0.4, 0.5) is 0 Å². The number of rotatable bonds is 9. The summed E-state index contributed by atoms with van der Waals surface area (Å²) in [6, 6.07) is 4.27. The Morgan fingerprint density at radius 3 is 2.59 bits per heavy atom. The number of aliphatic hydroxyl groups is 1. The molecule has 0 fully saturated rings. The average Bonchev–Trinajstić information content (AvgIpc) is 2.88. The minimum Gasteiger partial charge on any atom is -0.396 e. The van der Waals surface area contributed by atoms with Crippen LogP contribution in [0.1, 0.15) is 42.9 Å². The molecule has 22 heavy (non-hydrogen) atoms. The minimum atomic E-state index is 0. The summed E-state index contributed by atoms with van der Waals surface area (Å²) in [6.45, 7) is 9.07. The highest BCUT2D eigenvalue weighted by Crippen LogP contribution is 2.15. The molecule has 0 bridgehead atoms. The molecule has 4 nitrogen and oxygen atoms in total. The van der Waals surface area contributed by atoms with Crippen LogP contribution in [0.5, 0.6) is 0 Å². The number of hydrogen-bond donors (Lipinski definition) is 3. The van der Waals surface area contributed by atoms with E-state index >= 15 is 0 Å². The number of aliphatic hydroxyl groups excluding tert-OH is 1. The van der Waals surface area contributed by atoms with Crippen molar-refractivity contribution < 1.29 is 5.11 Å². The van der Waals surface area contributed by atoms with Gasteiger partial charge < -0.3 is 15.7 Å². The van der Waals surface area contributed by atoms with E-state index in [1.54, 1.807) is 11.3 Å².